The number of nitrogens with one attached hydrogen (secondary N) is 1. The Bertz CT molecular complexity index is 551. The van der Waals surface area contributed by atoms with Crippen LogP contribution in [0.2, 0.25) is 0 Å². The summed E-state index contributed by atoms with van der Waals surface area (Å²) in [6, 6.07) is 9.54. The first-order valence-electron chi connectivity index (χ1n) is 6.32. The van der Waals surface area contributed by atoms with E-state index in [2.05, 4.69) is 23.2 Å². The molecule has 1 aromatic carbocycles. The second-order valence-electron chi connectivity index (χ2n) is 5.19. The van der Waals surface area contributed by atoms with Crippen LogP contribution in [-0.2, 0) is 11.2 Å². The molecule has 0 aliphatic heterocycles. The molecule has 1 amide bonds. The summed E-state index contributed by atoms with van der Waals surface area (Å²) in [5.74, 6) is 5.77. The second kappa shape index (κ2) is 7.21. The van der Waals surface area contributed by atoms with E-state index in [1.54, 1.807) is 20.8 Å². The molecular weight excluding hydrogens is 252 g/mol. The predicted molar refractivity (Wildman–Crippen MR) is 76.9 cm³/mol. The number of carbonyl (C=O) groups is 1. The molecule has 4 heteroatoms. The fourth-order valence-electron chi connectivity index (χ4n) is 1.37. The van der Waals surface area contributed by atoms with Gasteiger partial charge in [-0.05, 0) is 38.5 Å². The summed E-state index contributed by atoms with van der Waals surface area (Å²) in [6.45, 7) is 5.65. The Balaban J connectivity index is 2.43. The highest BCUT2D eigenvalue weighted by molar-refractivity contribution is 5.68. The van der Waals surface area contributed by atoms with E-state index in [0.717, 1.165) is 11.1 Å². The molecular formula is C16H18N2O2. The minimum Gasteiger partial charge on any atom is -0.444 e. The summed E-state index contributed by atoms with van der Waals surface area (Å²) in [5.41, 5.74) is 1.30. The van der Waals surface area contributed by atoms with E-state index in [0.29, 0.717) is 6.42 Å². The highest BCUT2D eigenvalue weighted by Gasteiger charge is 2.14. The average Bonchev–Trinajstić information content (AvgIpc) is 2.35. The van der Waals surface area contributed by atoms with Crippen LogP contribution in [-0.4, -0.2) is 18.2 Å². The van der Waals surface area contributed by atoms with E-state index in [9.17, 15) is 4.79 Å². The van der Waals surface area contributed by atoms with Crippen molar-refractivity contribution in [2.75, 3.05) is 6.54 Å². The van der Waals surface area contributed by atoms with Crippen molar-refractivity contribution >= 4 is 6.09 Å². The summed E-state index contributed by atoms with van der Waals surface area (Å²) < 4.78 is 5.08. The van der Waals surface area contributed by atoms with Gasteiger partial charge in [-0.2, -0.15) is 5.26 Å². The van der Waals surface area contributed by atoms with E-state index in [4.69, 9.17) is 10.00 Å². The molecule has 0 atom stereocenters. The summed E-state index contributed by atoms with van der Waals surface area (Å²) >= 11 is 0. The SMILES string of the molecule is CC(C)(C)OC(=O)NCC#Cc1ccc(CC#N)cc1. The lowest BCUT2D eigenvalue weighted by molar-refractivity contribution is 0.0535. The maximum Gasteiger partial charge on any atom is 0.408 e. The topological polar surface area (TPSA) is 62.1 Å². The van der Waals surface area contributed by atoms with Crippen molar-refractivity contribution in [3.63, 3.8) is 0 Å². The zero-order valence-electron chi connectivity index (χ0n) is 12.0. The number of alkyl carbamates (subject to hydrolysis) is 1. The number of nitrogens with zero attached hydrogens (tertiary/aromatic N) is 1. The maximum absolute atomic E-state index is 11.4. The van der Waals surface area contributed by atoms with Crippen molar-refractivity contribution in [1.29, 1.82) is 5.26 Å². The van der Waals surface area contributed by atoms with Crippen LogP contribution in [0.15, 0.2) is 24.3 Å². The van der Waals surface area contributed by atoms with Gasteiger partial charge in [0.05, 0.1) is 19.0 Å². The van der Waals surface area contributed by atoms with Gasteiger partial charge in [0.15, 0.2) is 0 Å². The van der Waals surface area contributed by atoms with Crippen molar-refractivity contribution in [2.45, 2.75) is 32.8 Å². The number of hydrogen-bond acceptors (Lipinski definition) is 3. The Morgan fingerprint density at radius 2 is 1.95 bits per heavy atom. The summed E-state index contributed by atoms with van der Waals surface area (Å²) in [4.78, 5) is 11.4. The number of hydrogen-bond donors (Lipinski definition) is 1. The monoisotopic (exact) mass is 270 g/mol. The molecule has 0 spiro atoms. The van der Waals surface area contributed by atoms with Crippen molar-refractivity contribution in [3.05, 3.63) is 35.4 Å². The minimum absolute atomic E-state index is 0.231. The molecule has 0 aliphatic carbocycles. The van der Waals surface area contributed by atoms with Gasteiger partial charge in [-0.25, -0.2) is 4.79 Å². The van der Waals surface area contributed by atoms with Gasteiger partial charge < -0.3 is 10.1 Å². The third-order valence-electron chi connectivity index (χ3n) is 2.19. The molecule has 4 nitrogen and oxygen atoms in total. The molecule has 0 bridgehead atoms. The number of benzene rings is 1. The van der Waals surface area contributed by atoms with Gasteiger partial charge in [-0.3, -0.25) is 0 Å². The van der Waals surface area contributed by atoms with Crippen molar-refractivity contribution < 1.29 is 9.53 Å². The number of rotatable bonds is 2. The van der Waals surface area contributed by atoms with E-state index >= 15 is 0 Å². The third kappa shape index (κ3) is 6.47. The molecule has 0 heterocycles. The third-order valence-corrected chi connectivity index (χ3v) is 2.19. The Kier molecular flexibility index (Phi) is 5.62. The number of amides is 1. The summed E-state index contributed by atoms with van der Waals surface area (Å²) in [5, 5.41) is 11.1. The average molecular weight is 270 g/mol. The molecule has 1 N–H and O–H groups in total. The molecule has 0 aliphatic rings. The van der Waals surface area contributed by atoms with Gasteiger partial charge in [0, 0.05) is 5.56 Å². The standard InChI is InChI=1S/C16H18N2O2/c1-16(2,3)20-15(19)18-12-4-5-13-6-8-14(9-7-13)10-11-17/h6-9H,10,12H2,1-3H3,(H,18,19). The van der Waals surface area contributed by atoms with Crippen molar-refractivity contribution in [3.8, 4) is 17.9 Å². The van der Waals surface area contributed by atoms with Gasteiger partial charge in [0.1, 0.15) is 5.60 Å². The summed E-state index contributed by atoms with van der Waals surface area (Å²) in [7, 11) is 0. The predicted octanol–water partition coefficient (Wildman–Crippen LogP) is 2.63. The Morgan fingerprint density at radius 1 is 1.30 bits per heavy atom. The van der Waals surface area contributed by atoms with Gasteiger partial charge in [-0.15, -0.1) is 0 Å². The molecule has 20 heavy (non-hydrogen) atoms. The van der Waals surface area contributed by atoms with Crippen LogP contribution in [0.3, 0.4) is 0 Å². The molecule has 0 radical (unpaired) electrons. The Hall–Kier alpha value is -2.46. The zero-order valence-corrected chi connectivity index (χ0v) is 12.0. The van der Waals surface area contributed by atoms with Gasteiger partial charge in [0.2, 0.25) is 0 Å². The molecule has 1 rings (SSSR count). The first kappa shape index (κ1) is 15.6. The number of ether oxygens (including phenoxy) is 1. The quantitative estimate of drug-likeness (QED) is 0.840. The first-order valence-corrected chi connectivity index (χ1v) is 6.32. The molecule has 0 aromatic heterocycles. The normalized spacial score (nSPS) is 9.90. The molecule has 104 valence electrons. The van der Waals surface area contributed by atoms with Crippen LogP contribution in [0.1, 0.15) is 31.9 Å². The van der Waals surface area contributed by atoms with Crippen LogP contribution in [0.5, 0.6) is 0 Å². The molecule has 0 unspecified atom stereocenters. The molecule has 1 aromatic rings. The Morgan fingerprint density at radius 3 is 2.50 bits per heavy atom. The summed E-state index contributed by atoms with van der Waals surface area (Å²) in [6.07, 6.45) is -0.0790. The fourth-order valence-corrected chi connectivity index (χ4v) is 1.37. The van der Waals surface area contributed by atoms with Gasteiger partial charge >= 0.3 is 6.09 Å². The Labute approximate surface area is 119 Å². The zero-order chi connectivity index (χ0) is 15.0. The first-order chi connectivity index (χ1) is 9.40. The molecule has 0 saturated carbocycles. The largest absolute Gasteiger partial charge is 0.444 e. The van der Waals surface area contributed by atoms with Gasteiger partial charge in [-0.1, -0.05) is 24.0 Å². The number of carbonyl (C=O) groups excluding carboxylic acids is 1. The van der Waals surface area contributed by atoms with E-state index in [-0.39, 0.29) is 6.54 Å². The molecule has 0 saturated heterocycles. The van der Waals surface area contributed by atoms with E-state index < -0.39 is 11.7 Å². The van der Waals surface area contributed by atoms with Crippen LogP contribution < -0.4 is 5.32 Å². The van der Waals surface area contributed by atoms with Crippen molar-refractivity contribution in [1.82, 2.24) is 5.32 Å². The number of nitriles is 1. The van der Waals surface area contributed by atoms with Crippen LogP contribution in [0.25, 0.3) is 0 Å². The maximum atomic E-state index is 11.4. The lowest BCUT2D eigenvalue weighted by atomic mass is 10.1. The lowest BCUT2D eigenvalue weighted by Crippen LogP contribution is -2.32. The van der Waals surface area contributed by atoms with Crippen molar-refractivity contribution in [2.24, 2.45) is 0 Å². The lowest BCUT2D eigenvalue weighted by Gasteiger charge is -2.18. The minimum atomic E-state index is -0.506. The molecule has 0 fully saturated rings. The van der Waals surface area contributed by atoms with E-state index in [1.807, 2.05) is 24.3 Å². The van der Waals surface area contributed by atoms with E-state index in [1.165, 1.54) is 0 Å². The highest BCUT2D eigenvalue weighted by Crippen LogP contribution is 2.06. The van der Waals surface area contributed by atoms with Crippen LogP contribution >= 0.6 is 0 Å². The van der Waals surface area contributed by atoms with Crippen LogP contribution in [0.4, 0.5) is 4.79 Å². The fraction of sp³-hybridized carbons (Fsp3) is 0.375. The van der Waals surface area contributed by atoms with Crippen LogP contribution in [0, 0.1) is 23.2 Å². The smallest absolute Gasteiger partial charge is 0.408 e. The van der Waals surface area contributed by atoms with Gasteiger partial charge in [0.25, 0.3) is 0 Å². The second-order valence-corrected chi connectivity index (χ2v) is 5.19. The highest BCUT2D eigenvalue weighted by atomic mass is 16.6.